The number of hydrogen-bond donors (Lipinski definition) is 0. The summed E-state index contributed by atoms with van der Waals surface area (Å²) in [6.07, 6.45) is 6.29. The molecule has 5 rings (SSSR count). The Kier molecular flexibility index (Phi) is 4.79. The van der Waals surface area contributed by atoms with Gasteiger partial charge in [0.1, 0.15) is 11.5 Å². The smallest absolute Gasteiger partial charge is 0.126 e. The van der Waals surface area contributed by atoms with E-state index in [1.807, 2.05) is 24.3 Å². The van der Waals surface area contributed by atoms with E-state index in [0.29, 0.717) is 13.2 Å². The molecule has 3 heteroatoms. The fraction of sp³-hybridized carbons (Fsp3) is 0.154. The Morgan fingerprint density at radius 3 is 1.62 bits per heavy atom. The van der Waals surface area contributed by atoms with Crippen LogP contribution in [0, 0.1) is 0 Å². The lowest BCUT2D eigenvalue weighted by Gasteiger charge is -2.26. The number of anilines is 1. The Hall–Kier alpha value is -3.46. The van der Waals surface area contributed by atoms with Crippen LogP contribution in [0.3, 0.4) is 0 Å². The highest BCUT2D eigenvalue weighted by molar-refractivity contribution is 5.78. The van der Waals surface area contributed by atoms with Gasteiger partial charge in [-0.3, -0.25) is 0 Å². The topological polar surface area (TPSA) is 21.7 Å². The molecule has 0 saturated carbocycles. The average molecular weight is 381 g/mol. The van der Waals surface area contributed by atoms with E-state index in [1.54, 1.807) is 0 Å². The second-order valence-corrected chi connectivity index (χ2v) is 7.24. The number of benzene rings is 3. The second-order valence-electron chi connectivity index (χ2n) is 7.24. The molecule has 0 unspecified atom stereocenters. The maximum atomic E-state index is 5.85. The molecule has 2 aliphatic rings. The predicted molar refractivity (Wildman–Crippen MR) is 118 cm³/mol. The van der Waals surface area contributed by atoms with Gasteiger partial charge in [-0.25, -0.2) is 0 Å². The van der Waals surface area contributed by atoms with Crippen molar-refractivity contribution in [2.45, 2.75) is 12.8 Å². The van der Waals surface area contributed by atoms with Gasteiger partial charge in [0.15, 0.2) is 0 Å². The van der Waals surface area contributed by atoms with E-state index in [-0.39, 0.29) is 0 Å². The molecular formula is C26H23NO2. The van der Waals surface area contributed by atoms with Crippen LogP contribution < -0.4 is 14.4 Å². The fourth-order valence-corrected chi connectivity index (χ4v) is 3.92. The highest BCUT2D eigenvalue weighted by Gasteiger charge is 2.18. The van der Waals surface area contributed by atoms with Gasteiger partial charge >= 0.3 is 0 Å². The van der Waals surface area contributed by atoms with Crippen molar-refractivity contribution in [2.24, 2.45) is 0 Å². The quantitative estimate of drug-likeness (QED) is 0.544. The molecular weight excluding hydrogens is 358 g/mol. The van der Waals surface area contributed by atoms with Crippen molar-refractivity contribution in [2.75, 3.05) is 18.1 Å². The number of hydrogen-bond acceptors (Lipinski definition) is 3. The molecule has 0 radical (unpaired) electrons. The molecule has 0 saturated heterocycles. The Balaban J connectivity index is 1.60. The van der Waals surface area contributed by atoms with E-state index in [4.69, 9.17) is 9.47 Å². The van der Waals surface area contributed by atoms with Crippen molar-refractivity contribution in [3.8, 4) is 11.5 Å². The maximum absolute atomic E-state index is 5.85. The number of para-hydroxylation sites is 3. The van der Waals surface area contributed by atoms with Gasteiger partial charge in [0.05, 0.1) is 13.2 Å². The highest BCUT2D eigenvalue weighted by atomic mass is 16.5. The first-order chi connectivity index (χ1) is 14.4. The third-order valence-electron chi connectivity index (χ3n) is 5.37. The number of rotatable bonds is 3. The minimum Gasteiger partial charge on any atom is -0.493 e. The van der Waals surface area contributed by atoms with Crippen LogP contribution in [0.5, 0.6) is 11.5 Å². The largest absolute Gasteiger partial charge is 0.493 e. The van der Waals surface area contributed by atoms with E-state index in [1.165, 1.54) is 22.3 Å². The van der Waals surface area contributed by atoms with Crippen molar-refractivity contribution in [1.82, 2.24) is 0 Å². The Morgan fingerprint density at radius 2 is 1.07 bits per heavy atom. The lowest BCUT2D eigenvalue weighted by atomic mass is 9.99. The summed E-state index contributed by atoms with van der Waals surface area (Å²) in [5.41, 5.74) is 6.05. The molecule has 3 aromatic carbocycles. The third-order valence-corrected chi connectivity index (χ3v) is 5.37. The van der Waals surface area contributed by atoms with Crippen LogP contribution in [-0.2, 0) is 0 Å². The first-order valence-electron chi connectivity index (χ1n) is 10.1. The summed E-state index contributed by atoms with van der Waals surface area (Å²) in [5, 5.41) is 0. The van der Waals surface area contributed by atoms with Crippen LogP contribution in [0.15, 0.2) is 91.3 Å². The summed E-state index contributed by atoms with van der Waals surface area (Å²) in [4.78, 5) is 2.24. The molecule has 0 aromatic heterocycles. The zero-order valence-corrected chi connectivity index (χ0v) is 16.3. The van der Waals surface area contributed by atoms with Crippen molar-refractivity contribution in [3.05, 3.63) is 102 Å². The molecule has 2 heterocycles. The zero-order chi connectivity index (χ0) is 19.5. The minimum atomic E-state index is 0.707. The van der Waals surface area contributed by atoms with Crippen molar-refractivity contribution in [3.63, 3.8) is 0 Å². The molecule has 29 heavy (non-hydrogen) atoms. The van der Waals surface area contributed by atoms with Crippen LogP contribution in [0.2, 0.25) is 0 Å². The fourth-order valence-electron chi connectivity index (χ4n) is 3.92. The number of nitrogens with zero attached hydrogens (tertiary/aromatic N) is 1. The minimum absolute atomic E-state index is 0.707. The number of fused-ring (bicyclic) bond motifs is 2. The molecule has 0 N–H and O–H groups in total. The molecule has 3 aromatic rings. The summed E-state index contributed by atoms with van der Waals surface area (Å²) in [7, 11) is 0. The first kappa shape index (κ1) is 17.6. The van der Waals surface area contributed by atoms with Crippen LogP contribution >= 0.6 is 0 Å². The summed E-state index contributed by atoms with van der Waals surface area (Å²) in [6, 6.07) is 27.1. The summed E-state index contributed by atoms with van der Waals surface area (Å²) < 4.78 is 11.7. The Morgan fingerprint density at radius 1 is 0.586 bits per heavy atom. The van der Waals surface area contributed by atoms with Crippen LogP contribution in [0.25, 0.3) is 11.1 Å². The van der Waals surface area contributed by atoms with Crippen LogP contribution in [0.4, 0.5) is 5.69 Å². The van der Waals surface area contributed by atoms with E-state index < -0.39 is 0 Å². The first-order valence-corrected chi connectivity index (χ1v) is 10.1. The Labute approximate surface area is 171 Å². The van der Waals surface area contributed by atoms with Gasteiger partial charge in [-0.2, -0.15) is 0 Å². The van der Waals surface area contributed by atoms with Gasteiger partial charge in [-0.15, -0.1) is 0 Å². The lowest BCUT2D eigenvalue weighted by Crippen LogP contribution is -2.15. The number of ether oxygens (including phenoxy) is 2. The van der Waals surface area contributed by atoms with Gasteiger partial charge in [0, 0.05) is 42.1 Å². The molecule has 0 amide bonds. The second kappa shape index (κ2) is 7.88. The molecule has 0 spiro atoms. The van der Waals surface area contributed by atoms with Crippen molar-refractivity contribution >= 4 is 16.8 Å². The normalized spacial score (nSPS) is 17.8. The van der Waals surface area contributed by atoms with Crippen LogP contribution in [0.1, 0.15) is 24.0 Å². The predicted octanol–water partition coefficient (Wildman–Crippen LogP) is 6.14. The molecule has 0 bridgehead atoms. The van der Waals surface area contributed by atoms with Gasteiger partial charge in [-0.05, 0) is 35.4 Å². The average Bonchev–Trinajstić information content (AvgIpc) is 2.80. The SMILES string of the molecule is C(=C1CCOc2ccccc21)N(C=C1CCOc2ccccc21)c1ccccc1. The van der Waals surface area contributed by atoms with Crippen LogP contribution in [-0.4, -0.2) is 13.2 Å². The molecule has 144 valence electrons. The van der Waals surface area contributed by atoms with Gasteiger partial charge < -0.3 is 14.4 Å². The van der Waals surface area contributed by atoms with Gasteiger partial charge in [-0.1, -0.05) is 54.6 Å². The summed E-state index contributed by atoms with van der Waals surface area (Å²) in [5.74, 6) is 1.92. The summed E-state index contributed by atoms with van der Waals surface area (Å²) >= 11 is 0. The lowest BCUT2D eigenvalue weighted by molar-refractivity contribution is 0.316. The van der Waals surface area contributed by atoms with E-state index in [2.05, 4.69) is 71.9 Å². The monoisotopic (exact) mass is 381 g/mol. The van der Waals surface area contributed by atoms with E-state index in [0.717, 1.165) is 30.0 Å². The molecule has 3 nitrogen and oxygen atoms in total. The van der Waals surface area contributed by atoms with Gasteiger partial charge in [0.2, 0.25) is 0 Å². The van der Waals surface area contributed by atoms with E-state index >= 15 is 0 Å². The van der Waals surface area contributed by atoms with Crippen molar-refractivity contribution < 1.29 is 9.47 Å². The molecule has 2 aliphatic heterocycles. The van der Waals surface area contributed by atoms with E-state index in [9.17, 15) is 0 Å². The third kappa shape index (κ3) is 3.64. The molecule has 0 atom stereocenters. The molecule has 0 fully saturated rings. The zero-order valence-electron chi connectivity index (χ0n) is 16.3. The summed E-state index contributed by atoms with van der Waals surface area (Å²) in [6.45, 7) is 1.41. The maximum Gasteiger partial charge on any atom is 0.126 e. The van der Waals surface area contributed by atoms with Gasteiger partial charge in [0.25, 0.3) is 0 Å². The van der Waals surface area contributed by atoms with Crippen molar-refractivity contribution in [1.29, 1.82) is 0 Å². The standard InChI is InChI=1S/C26H23NO2/c1-2-8-22(9-3-1)27(18-20-14-16-28-25-12-6-4-10-23(20)25)19-21-15-17-29-26-13-7-5-11-24(21)26/h1-13,18-19H,14-17H2. The molecule has 0 aliphatic carbocycles. The Bertz CT molecular complexity index is 1000. The highest BCUT2D eigenvalue weighted by Crippen LogP contribution is 2.36.